The Kier molecular flexibility index (Phi) is 6.20. The lowest BCUT2D eigenvalue weighted by molar-refractivity contribution is -0.769. The monoisotopic (exact) mass is 477 g/mol. The molecule has 0 saturated carbocycles. The quantitative estimate of drug-likeness (QED) is 0.245. The van der Waals surface area contributed by atoms with Gasteiger partial charge in [-0.25, -0.2) is 4.79 Å². The standard InChI is InChI=1S/C19H15N3O12/c23-19(32-12-4-1-10(2-5-12)20(24)25)33-15-6-3-11(21(26)27)7-13(15)14-8-30-18-16(34-22(28)29)9-31-17(14)18/h1-7,14,16-18H,8-9H2/t14-,16+,17+,18-/m1/s1. The zero-order valence-corrected chi connectivity index (χ0v) is 17.0. The molecule has 0 amide bonds. The van der Waals surface area contributed by atoms with Gasteiger partial charge in [-0.05, 0) is 18.2 Å². The molecule has 4 rings (SSSR count). The van der Waals surface area contributed by atoms with Crippen LogP contribution in [0.3, 0.4) is 0 Å². The number of carbonyl (C=O) groups excluding carboxylic acids is 1. The molecule has 0 bridgehead atoms. The lowest BCUT2D eigenvalue weighted by atomic mass is 9.92. The summed E-state index contributed by atoms with van der Waals surface area (Å²) < 4.78 is 21.5. The predicted octanol–water partition coefficient (Wildman–Crippen LogP) is 2.54. The summed E-state index contributed by atoms with van der Waals surface area (Å²) in [6, 6.07) is 8.20. The minimum absolute atomic E-state index is 0.0257. The molecule has 0 radical (unpaired) electrons. The molecule has 34 heavy (non-hydrogen) atoms. The molecule has 178 valence electrons. The fourth-order valence-corrected chi connectivity index (χ4v) is 3.81. The average Bonchev–Trinajstić information content (AvgIpc) is 3.37. The van der Waals surface area contributed by atoms with Crippen molar-refractivity contribution in [2.75, 3.05) is 13.2 Å². The second kappa shape index (κ2) is 9.24. The maximum atomic E-state index is 12.3. The molecule has 2 fully saturated rings. The van der Waals surface area contributed by atoms with Crippen molar-refractivity contribution >= 4 is 17.5 Å². The molecule has 2 aliphatic rings. The van der Waals surface area contributed by atoms with E-state index in [1.165, 1.54) is 24.3 Å². The highest BCUT2D eigenvalue weighted by Gasteiger charge is 2.50. The number of non-ortho nitro benzene ring substituents is 2. The van der Waals surface area contributed by atoms with E-state index in [1.54, 1.807) is 0 Å². The van der Waals surface area contributed by atoms with E-state index in [9.17, 15) is 35.1 Å². The van der Waals surface area contributed by atoms with E-state index < -0.39 is 45.3 Å². The van der Waals surface area contributed by atoms with Crippen molar-refractivity contribution in [3.63, 3.8) is 0 Å². The van der Waals surface area contributed by atoms with E-state index >= 15 is 0 Å². The first-order valence-electron chi connectivity index (χ1n) is 9.69. The summed E-state index contributed by atoms with van der Waals surface area (Å²) in [5, 5.41) is 31.7. The van der Waals surface area contributed by atoms with E-state index in [1.807, 2.05) is 0 Å². The Morgan fingerprint density at radius 2 is 1.50 bits per heavy atom. The largest absolute Gasteiger partial charge is 0.519 e. The molecule has 2 saturated heterocycles. The van der Waals surface area contributed by atoms with E-state index in [-0.39, 0.29) is 41.7 Å². The van der Waals surface area contributed by atoms with E-state index in [2.05, 4.69) is 4.84 Å². The zero-order chi connectivity index (χ0) is 24.4. The van der Waals surface area contributed by atoms with Crippen molar-refractivity contribution in [1.82, 2.24) is 0 Å². The van der Waals surface area contributed by atoms with Crippen LogP contribution in [0, 0.1) is 30.3 Å². The molecule has 15 heteroatoms. The summed E-state index contributed by atoms with van der Waals surface area (Å²) in [5.41, 5.74) is -0.292. The number of nitro groups is 2. The van der Waals surface area contributed by atoms with Crippen LogP contribution < -0.4 is 9.47 Å². The van der Waals surface area contributed by atoms with Crippen LogP contribution in [0.1, 0.15) is 11.5 Å². The minimum Gasteiger partial charge on any atom is -0.395 e. The second-order valence-corrected chi connectivity index (χ2v) is 7.25. The summed E-state index contributed by atoms with van der Waals surface area (Å²) in [7, 11) is 0. The third-order valence-corrected chi connectivity index (χ3v) is 5.28. The number of carbonyl (C=O) groups is 1. The highest BCUT2D eigenvalue weighted by Crippen LogP contribution is 2.42. The van der Waals surface area contributed by atoms with Crippen LogP contribution in [0.4, 0.5) is 16.2 Å². The van der Waals surface area contributed by atoms with Gasteiger partial charge in [-0.3, -0.25) is 20.2 Å². The fourth-order valence-electron chi connectivity index (χ4n) is 3.81. The van der Waals surface area contributed by atoms with E-state index in [4.69, 9.17) is 18.9 Å². The summed E-state index contributed by atoms with van der Waals surface area (Å²) in [6.45, 7) is -0.151. The summed E-state index contributed by atoms with van der Waals surface area (Å²) in [6.07, 6.45) is -3.70. The van der Waals surface area contributed by atoms with Crippen LogP contribution in [0.25, 0.3) is 0 Å². The lowest BCUT2D eigenvalue weighted by Gasteiger charge is -2.19. The van der Waals surface area contributed by atoms with Gasteiger partial charge in [0.05, 0.1) is 29.2 Å². The number of nitrogens with zero attached hydrogens (tertiary/aromatic N) is 3. The lowest BCUT2D eigenvalue weighted by Crippen LogP contribution is -2.32. The van der Waals surface area contributed by atoms with Gasteiger partial charge in [0, 0.05) is 35.7 Å². The third-order valence-electron chi connectivity index (χ3n) is 5.28. The fraction of sp³-hybridized carbons (Fsp3) is 0.316. The summed E-state index contributed by atoms with van der Waals surface area (Å²) >= 11 is 0. The van der Waals surface area contributed by atoms with Gasteiger partial charge < -0.3 is 23.8 Å². The minimum atomic E-state index is -1.19. The van der Waals surface area contributed by atoms with Crippen molar-refractivity contribution in [3.05, 3.63) is 78.4 Å². The molecule has 4 atom stereocenters. The number of nitro benzene ring substituents is 2. The van der Waals surface area contributed by atoms with Crippen LogP contribution >= 0.6 is 0 Å². The summed E-state index contributed by atoms with van der Waals surface area (Å²) in [4.78, 5) is 48.3. The Labute approximate surface area is 189 Å². The molecular formula is C19H15N3O12. The third kappa shape index (κ3) is 4.69. The number of ether oxygens (including phenoxy) is 4. The van der Waals surface area contributed by atoms with Gasteiger partial charge >= 0.3 is 6.16 Å². The SMILES string of the molecule is O=C(Oc1ccc([N+](=O)[O-])cc1)Oc1ccc([N+](=O)[O-])cc1[C@H]1CO[C@H]2[C@H]1OC[C@@H]2O[N+](=O)[O-]. The Hall–Kier alpha value is -4.37. The number of benzene rings is 2. The van der Waals surface area contributed by atoms with Gasteiger partial charge in [-0.2, -0.15) is 0 Å². The van der Waals surface area contributed by atoms with Crippen LogP contribution in [0.15, 0.2) is 42.5 Å². The smallest absolute Gasteiger partial charge is 0.395 e. The number of hydrogen-bond acceptors (Lipinski definition) is 12. The first kappa shape index (κ1) is 22.8. The molecule has 0 unspecified atom stereocenters. The van der Waals surface area contributed by atoms with Gasteiger partial charge in [-0.15, -0.1) is 10.1 Å². The maximum Gasteiger partial charge on any atom is 0.519 e. The molecule has 2 aromatic carbocycles. The topological polar surface area (TPSA) is 193 Å². The predicted molar refractivity (Wildman–Crippen MR) is 107 cm³/mol. The molecule has 0 aliphatic carbocycles. The van der Waals surface area contributed by atoms with Crippen molar-refractivity contribution in [3.8, 4) is 11.5 Å². The first-order chi connectivity index (χ1) is 16.2. The van der Waals surface area contributed by atoms with Crippen molar-refractivity contribution in [2.24, 2.45) is 0 Å². The molecule has 0 N–H and O–H groups in total. The molecule has 2 heterocycles. The Balaban J connectivity index is 1.54. The molecule has 0 spiro atoms. The average molecular weight is 477 g/mol. The molecular weight excluding hydrogens is 462 g/mol. The molecule has 2 aromatic rings. The number of rotatable bonds is 7. The number of fused-ring (bicyclic) bond motifs is 1. The Bertz CT molecular complexity index is 1140. The van der Waals surface area contributed by atoms with E-state index in [0.717, 1.165) is 18.2 Å². The van der Waals surface area contributed by atoms with Gasteiger partial charge in [0.15, 0.2) is 6.10 Å². The normalized spacial score (nSPS) is 23.1. The van der Waals surface area contributed by atoms with Gasteiger partial charge in [-0.1, -0.05) is 0 Å². The highest BCUT2D eigenvalue weighted by molar-refractivity contribution is 5.68. The van der Waals surface area contributed by atoms with E-state index in [0.29, 0.717) is 0 Å². The van der Waals surface area contributed by atoms with Crippen molar-refractivity contribution < 1.29 is 43.5 Å². The van der Waals surface area contributed by atoms with Crippen molar-refractivity contribution in [1.29, 1.82) is 0 Å². The molecule has 2 aliphatic heterocycles. The van der Waals surface area contributed by atoms with Crippen LogP contribution in [-0.4, -0.2) is 52.6 Å². The summed E-state index contributed by atoms with van der Waals surface area (Å²) in [5.74, 6) is -0.761. The zero-order valence-electron chi connectivity index (χ0n) is 17.0. The highest BCUT2D eigenvalue weighted by atomic mass is 17.0. The molecule has 0 aromatic heterocycles. The Morgan fingerprint density at radius 1 is 0.853 bits per heavy atom. The number of hydrogen-bond donors (Lipinski definition) is 0. The van der Waals surface area contributed by atoms with Crippen molar-refractivity contribution in [2.45, 2.75) is 24.2 Å². The van der Waals surface area contributed by atoms with Gasteiger partial charge in [0.25, 0.3) is 16.5 Å². The Morgan fingerprint density at radius 3 is 2.15 bits per heavy atom. The van der Waals surface area contributed by atoms with Gasteiger partial charge in [0.2, 0.25) is 0 Å². The maximum absolute atomic E-state index is 12.3. The van der Waals surface area contributed by atoms with Crippen LogP contribution in [0.2, 0.25) is 0 Å². The van der Waals surface area contributed by atoms with Crippen LogP contribution in [0.5, 0.6) is 11.5 Å². The van der Waals surface area contributed by atoms with Gasteiger partial charge in [0.1, 0.15) is 17.6 Å². The molecule has 15 nitrogen and oxygen atoms in total. The second-order valence-electron chi connectivity index (χ2n) is 7.25. The van der Waals surface area contributed by atoms with Crippen LogP contribution in [-0.2, 0) is 14.3 Å². The first-order valence-corrected chi connectivity index (χ1v) is 9.69.